The van der Waals surface area contributed by atoms with E-state index in [1.165, 1.54) is 11.1 Å². The molecule has 16 heavy (non-hydrogen) atoms. The number of pyridine rings is 1. The molecule has 0 N–H and O–H groups in total. The van der Waals surface area contributed by atoms with Crippen molar-refractivity contribution in [1.82, 2.24) is 4.98 Å². The average Bonchev–Trinajstić information content (AvgIpc) is 2.32. The summed E-state index contributed by atoms with van der Waals surface area (Å²) in [5.74, 6) is 0. The van der Waals surface area contributed by atoms with Crippen LogP contribution in [0, 0.1) is 13.8 Å². The van der Waals surface area contributed by atoms with Gasteiger partial charge in [-0.15, -0.1) is 0 Å². The summed E-state index contributed by atoms with van der Waals surface area (Å²) in [7, 11) is 0. The Hall–Kier alpha value is -1.96. The molecule has 0 unspecified atom stereocenters. The summed E-state index contributed by atoms with van der Waals surface area (Å²) >= 11 is 0. The van der Waals surface area contributed by atoms with Crippen molar-refractivity contribution in [3.63, 3.8) is 0 Å². The molecule has 1 heterocycles. The number of hydrogen-bond donors (Lipinski definition) is 0. The van der Waals surface area contributed by atoms with Crippen molar-refractivity contribution in [1.29, 1.82) is 0 Å². The number of benzene rings is 1. The zero-order valence-corrected chi connectivity index (χ0v) is 9.51. The van der Waals surface area contributed by atoms with E-state index in [4.69, 9.17) is 0 Å². The zero-order valence-electron chi connectivity index (χ0n) is 9.51. The first-order valence-corrected chi connectivity index (χ1v) is 5.28. The lowest BCUT2D eigenvalue weighted by Crippen LogP contribution is -1.84. The van der Waals surface area contributed by atoms with Gasteiger partial charge in [0.05, 0.1) is 17.6 Å². The third-order valence-corrected chi connectivity index (χ3v) is 2.52. The highest BCUT2D eigenvalue weighted by molar-refractivity contribution is 5.79. The number of rotatable bonds is 2. The van der Waals surface area contributed by atoms with Gasteiger partial charge in [-0.3, -0.25) is 9.98 Å². The number of aliphatic imine (C=N–C) groups is 1. The second kappa shape index (κ2) is 4.71. The molecule has 0 fully saturated rings. The molecule has 0 saturated carbocycles. The molecular weight excluding hydrogens is 196 g/mol. The van der Waals surface area contributed by atoms with Gasteiger partial charge in [-0.2, -0.15) is 0 Å². The minimum Gasteiger partial charge on any atom is -0.255 e. The quantitative estimate of drug-likeness (QED) is 0.697. The van der Waals surface area contributed by atoms with Crippen LogP contribution in [-0.2, 0) is 0 Å². The van der Waals surface area contributed by atoms with Gasteiger partial charge >= 0.3 is 0 Å². The monoisotopic (exact) mass is 210 g/mol. The van der Waals surface area contributed by atoms with Gasteiger partial charge in [0.1, 0.15) is 0 Å². The van der Waals surface area contributed by atoms with E-state index in [0.717, 1.165) is 11.4 Å². The third kappa shape index (κ3) is 2.54. The Morgan fingerprint density at radius 1 is 1.06 bits per heavy atom. The molecule has 0 amide bonds. The molecule has 0 spiro atoms. The predicted molar refractivity (Wildman–Crippen MR) is 67.4 cm³/mol. The summed E-state index contributed by atoms with van der Waals surface area (Å²) in [6.07, 6.45) is 3.55. The maximum absolute atomic E-state index is 4.39. The zero-order chi connectivity index (χ0) is 11.4. The first-order chi connectivity index (χ1) is 7.75. The summed E-state index contributed by atoms with van der Waals surface area (Å²) in [6.45, 7) is 4.19. The maximum Gasteiger partial charge on any atom is 0.0812 e. The van der Waals surface area contributed by atoms with Crippen molar-refractivity contribution in [3.8, 4) is 0 Å². The first kappa shape index (κ1) is 10.6. The number of aromatic nitrogens is 1. The highest BCUT2D eigenvalue weighted by Gasteiger charge is 1.93. The maximum atomic E-state index is 4.39. The van der Waals surface area contributed by atoms with Crippen molar-refractivity contribution >= 4 is 11.9 Å². The van der Waals surface area contributed by atoms with Crippen molar-refractivity contribution in [2.75, 3.05) is 0 Å². The van der Waals surface area contributed by atoms with Crippen molar-refractivity contribution in [2.24, 2.45) is 4.99 Å². The largest absolute Gasteiger partial charge is 0.255 e. The van der Waals surface area contributed by atoms with Crippen LogP contribution in [0.4, 0.5) is 5.69 Å². The smallest absolute Gasteiger partial charge is 0.0812 e. The van der Waals surface area contributed by atoms with Crippen LogP contribution in [0.1, 0.15) is 16.8 Å². The number of nitrogens with zero attached hydrogens (tertiary/aromatic N) is 2. The molecule has 0 aliphatic carbocycles. The normalized spacial score (nSPS) is 10.9. The molecule has 0 bridgehead atoms. The Kier molecular flexibility index (Phi) is 3.10. The first-order valence-electron chi connectivity index (χ1n) is 5.28. The highest BCUT2D eigenvalue weighted by Crippen LogP contribution is 2.16. The van der Waals surface area contributed by atoms with E-state index in [2.05, 4.69) is 36.0 Å². The van der Waals surface area contributed by atoms with Gasteiger partial charge < -0.3 is 0 Å². The van der Waals surface area contributed by atoms with Crippen LogP contribution in [-0.4, -0.2) is 11.2 Å². The summed E-state index contributed by atoms with van der Waals surface area (Å²) in [5.41, 5.74) is 4.39. The van der Waals surface area contributed by atoms with Crippen LogP contribution < -0.4 is 0 Å². The Morgan fingerprint density at radius 2 is 1.94 bits per heavy atom. The molecule has 0 aliphatic rings. The standard InChI is InChI=1S/C14H14N2/c1-11-6-7-13(9-12(11)2)16-10-14-5-3-4-8-15-14/h3-10H,1-2H3. The molecule has 80 valence electrons. The van der Waals surface area contributed by atoms with Gasteiger partial charge in [-0.25, -0.2) is 0 Å². The topological polar surface area (TPSA) is 25.2 Å². The summed E-state index contributed by atoms with van der Waals surface area (Å²) in [5, 5.41) is 0. The van der Waals surface area contributed by atoms with Gasteiger partial charge in [0.25, 0.3) is 0 Å². The molecule has 2 nitrogen and oxygen atoms in total. The summed E-state index contributed by atoms with van der Waals surface area (Å²) in [4.78, 5) is 8.58. The van der Waals surface area contributed by atoms with Crippen molar-refractivity contribution in [2.45, 2.75) is 13.8 Å². The summed E-state index contributed by atoms with van der Waals surface area (Å²) in [6, 6.07) is 12.0. The van der Waals surface area contributed by atoms with Crippen LogP contribution >= 0.6 is 0 Å². The van der Waals surface area contributed by atoms with Crippen LogP contribution in [0.3, 0.4) is 0 Å². The van der Waals surface area contributed by atoms with Gasteiger partial charge in [-0.05, 0) is 49.2 Å². The Labute approximate surface area is 95.7 Å². The van der Waals surface area contributed by atoms with E-state index < -0.39 is 0 Å². The highest BCUT2D eigenvalue weighted by atomic mass is 14.8. The van der Waals surface area contributed by atoms with Crippen LogP contribution in [0.15, 0.2) is 47.6 Å². The molecule has 0 aliphatic heterocycles. The van der Waals surface area contributed by atoms with E-state index in [-0.39, 0.29) is 0 Å². The Balaban J connectivity index is 2.21. The van der Waals surface area contributed by atoms with E-state index in [1.54, 1.807) is 12.4 Å². The molecule has 2 rings (SSSR count). The molecule has 0 atom stereocenters. The van der Waals surface area contributed by atoms with Crippen molar-refractivity contribution < 1.29 is 0 Å². The van der Waals surface area contributed by atoms with E-state index >= 15 is 0 Å². The SMILES string of the molecule is Cc1ccc(N=Cc2ccccn2)cc1C. The lowest BCUT2D eigenvalue weighted by atomic mass is 10.1. The Bertz CT molecular complexity index is 501. The second-order valence-electron chi connectivity index (χ2n) is 3.78. The molecule has 1 aromatic heterocycles. The molecule has 0 radical (unpaired) electrons. The molecular formula is C14H14N2. The minimum atomic E-state index is 0.876. The third-order valence-electron chi connectivity index (χ3n) is 2.52. The summed E-state index contributed by atoms with van der Waals surface area (Å²) < 4.78 is 0. The number of aryl methyl sites for hydroxylation is 2. The van der Waals surface area contributed by atoms with Crippen LogP contribution in [0.25, 0.3) is 0 Å². The van der Waals surface area contributed by atoms with Gasteiger partial charge in [0, 0.05) is 6.20 Å². The van der Waals surface area contributed by atoms with Gasteiger partial charge in [-0.1, -0.05) is 12.1 Å². The molecule has 2 aromatic rings. The van der Waals surface area contributed by atoms with E-state index in [1.807, 2.05) is 24.3 Å². The lowest BCUT2D eigenvalue weighted by molar-refractivity contribution is 1.29. The lowest BCUT2D eigenvalue weighted by Gasteiger charge is -2.00. The van der Waals surface area contributed by atoms with Crippen LogP contribution in [0.2, 0.25) is 0 Å². The molecule has 2 heteroatoms. The van der Waals surface area contributed by atoms with Crippen molar-refractivity contribution in [3.05, 3.63) is 59.4 Å². The average molecular weight is 210 g/mol. The van der Waals surface area contributed by atoms with E-state index in [9.17, 15) is 0 Å². The Morgan fingerprint density at radius 3 is 2.62 bits per heavy atom. The second-order valence-corrected chi connectivity index (χ2v) is 3.78. The fraction of sp³-hybridized carbons (Fsp3) is 0.143. The number of hydrogen-bond acceptors (Lipinski definition) is 2. The molecule has 0 saturated heterocycles. The van der Waals surface area contributed by atoms with Crippen LogP contribution in [0.5, 0.6) is 0 Å². The fourth-order valence-electron chi connectivity index (χ4n) is 1.40. The minimum absolute atomic E-state index is 0.876. The fourth-order valence-corrected chi connectivity index (χ4v) is 1.40. The predicted octanol–water partition coefficient (Wildman–Crippen LogP) is 3.45. The molecule has 1 aromatic carbocycles. The van der Waals surface area contributed by atoms with E-state index in [0.29, 0.717) is 0 Å². The van der Waals surface area contributed by atoms with Gasteiger partial charge in [0.15, 0.2) is 0 Å². The van der Waals surface area contributed by atoms with Gasteiger partial charge in [0.2, 0.25) is 0 Å².